The molecule has 42 valence electrons. The molecule has 0 bridgehead atoms. The molecular weight excluding hydrogens is 123 g/mol. The molecule has 0 aliphatic carbocycles. The molecule has 0 aliphatic heterocycles. The Bertz CT molecular complexity index is 4.14. The molecule has 0 heterocycles. The van der Waals surface area contributed by atoms with E-state index >= 15 is 0 Å². The summed E-state index contributed by atoms with van der Waals surface area (Å²) in [7, 11) is 0. The van der Waals surface area contributed by atoms with Crippen molar-refractivity contribution >= 4 is 17.4 Å². The van der Waals surface area contributed by atoms with Crippen LogP contribution in [0.25, 0.3) is 0 Å². The Kier molecular flexibility index (Phi) is 7840. The molecule has 3 N–H and O–H groups in total. The maximum absolute atomic E-state index is 7.25. The zero-order valence-corrected chi connectivity index (χ0v) is 4.30. The van der Waals surface area contributed by atoms with Crippen LogP contribution < -0.4 is 15.8 Å². The third-order valence-electron chi connectivity index (χ3n) is 0. The molecule has 0 aliphatic rings. The van der Waals surface area contributed by atoms with Crippen LogP contribution in [0.4, 0.5) is 0 Å². The van der Waals surface area contributed by atoms with Crippen molar-refractivity contribution in [1.29, 1.82) is 0 Å². The van der Waals surface area contributed by atoms with Gasteiger partial charge in [0.2, 0.25) is 0 Å². The molecule has 0 saturated heterocycles. The van der Waals surface area contributed by atoms with Gasteiger partial charge in [-0.1, -0.05) is 0 Å². The minimum atomic E-state index is 0. The van der Waals surface area contributed by atoms with E-state index in [2.05, 4.69) is 0 Å². The predicted molar refractivity (Wildman–Crippen MR) is 13.6 cm³/mol. The molecule has 0 aromatic rings. The standard InChI is InChI=1S/Al.3H2O2/c;3*1-2/h;3*1-2H/q+3;;;/p-3. The van der Waals surface area contributed by atoms with Crippen LogP contribution in [-0.2, 0) is 0 Å². The molecule has 0 amide bonds. The fourth-order valence-corrected chi connectivity index (χ4v) is 0. The first-order valence-corrected chi connectivity index (χ1v) is 0.548. The van der Waals surface area contributed by atoms with Crippen LogP contribution in [0.1, 0.15) is 0 Å². The minimum absolute atomic E-state index is 0. The normalized spacial score (nSPS) is 2.57. The van der Waals surface area contributed by atoms with E-state index in [4.69, 9.17) is 31.5 Å². The van der Waals surface area contributed by atoms with Gasteiger partial charge in [0.05, 0.1) is 0 Å². The van der Waals surface area contributed by atoms with E-state index < -0.39 is 0 Å². The summed E-state index contributed by atoms with van der Waals surface area (Å²) in [4.78, 5) is 0. The summed E-state index contributed by atoms with van der Waals surface area (Å²) in [5, 5.41) is 39.0. The molecule has 0 atom stereocenters. The van der Waals surface area contributed by atoms with E-state index in [1.165, 1.54) is 0 Å². The number of hydrogen-bond acceptors (Lipinski definition) is 6. The van der Waals surface area contributed by atoms with Crippen molar-refractivity contribution in [3.05, 3.63) is 0 Å². The van der Waals surface area contributed by atoms with Gasteiger partial charge in [0.15, 0.2) is 0 Å². The summed E-state index contributed by atoms with van der Waals surface area (Å²) in [5.74, 6) is 0. The number of hydrogen-bond donors (Lipinski definition) is 3. The van der Waals surface area contributed by atoms with E-state index in [1.807, 2.05) is 0 Å². The molecule has 0 unspecified atom stereocenters. The van der Waals surface area contributed by atoms with Crippen molar-refractivity contribution < 1.29 is 31.5 Å². The maximum atomic E-state index is 7.25. The first kappa shape index (κ1) is 26.6. The summed E-state index contributed by atoms with van der Waals surface area (Å²) in [6.07, 6.45) is 0. The van der Waals surface area contributed by atoms with Crippen LogP contribution in [0.3, 0.4) is 0 Å². The summed E-state index contributed by atoms with van der Waals surface area (Å²) in [6.45, 7) is 0. The van der Waals surface area contributed by atoms with Crippen molar-refractivity contribution in [2.75, 3.05) is 0 Å². The second-order valence-corrected chi connectivity index (χ2v) is 0. The largest absolute Gasteiger partial charge is 3.00 e. The Balaban J connectivity index is -0.00000000900. The van der Waals surface area contributed by atoms with E-state index in [-0.39, 0.29) is 17.4 Å². The van der Waals surface area contributed by atoms with Crippen LogP contribution in [0, 0.1) is 0 Å². The van der Waals surface area contributed by atoms with Gasteiger partial charge in [-0.25, -0.2) is 0 Å². The molecule has 0 spiro atoms. The van der Waals surface area contributed by atoms with Crippen LogP contribution in [0.15, 0.2) is 0 Å². The molecule has 0 saturated carbocycles. The molecule has 0 fully saturated rings. The number of rotatable bonds is 0. The molecule has 7 heteroatoms. The van der Waals surface area contributed by atoms with Crippen molar-refractivity contribution in [2.24, 2.45) is 0 Å². The van der Waals surface area contributed by atoms with Gasteiger partial charge in [-0.2, -0.15) is 0 Å². The molecule has 0 radical (unpaired) electrons. The third-order valence-corrected chi connectivity index (χ3v) is 0. The summed E-state index contributed by atoms with van der Waals surface area (Å²) in [5.41, 5.74) is 0. The Labute approximate surface area is 49.8 Å². The summed E-state index contributed by atoms with van der Waals surface area (Å²) in [6, 6.07) is 0. The third kappa shape index (κ3) is 1360. The molecule has 6 nitrogen and oxygen atoms in total. The van der Waals surface area contributed by atoms with Crippen molar-refractivity contribution in [3.8, 4) is 0 Å². The van der Waals surface area contributed by atoms with Crippen LogP contribution in [-0.4, -0.2) is 33.1 Å². The van der Waals surface area contributed by atoms with Gasteiger partial charge >= 0.3 is 17.4 Å². The van der Waals surface area contributed by atoms with Gasteiger partial charge < -0.3 is 31.5 Å². The van der Waals surface area contributed by atoms with Crippen molar-refractivity contribution in [2.45, 2.75) is 0 Å². The molecule has 0 aromatic heterocycles. The Morgan fingerprint density at radius 1 is 0.571 bits per heavy atom. The van der Waals surface area contributed by atoms with E-state index in [0.29, 0.717) is 0 Å². The van der Waals surface area contributed by atoms with Gasteiger partial charge in [-0.05, 0) is 0 Å². The van der Waals surface area contributed by atoms with E-state index in [9.17, 15) is 0 Å². The van der Waals surface area contributed by atoms with Gasteiger partial charge in [0.25, 0.3) is 0 Å². The second kappa shape index (κ2) is 2060. The first-order chi connectivity index (χ1) is 3.00. The molecule has 7 heavy (non-hydrogen) atoms. The SMILES string of the molecule is [Al+3].[O-]O.[O-]O.[O-]O. The Morgan fingerprint density at radius 3 is 0.571 bits per heavy atom. The van der Waals surface area contributed by atoms with Crippen LogP contribution in [0.2, 0.25) is 0 Å². The molecule has 0 aromatic carbocycles. The molecule has 0 rings (SSSR count). The second-order valence-electron chi connectivity index (χ2n) is 0. The summed E-state index contributed by atoms with van der Waals surface area (Å²) >= 11 is 0. The summed E-state index contributed by atoms with van der Waals surface area (Å²) < 4.78 is 0. The smallest absolute Gasteiger partial charge is 0.727 e. The minimum Gasteiger partial charge on any atom is -0.727 e. The first-order valence-electron chi connectivity index (χ1n) is 0.548. The predicted octanol–water partition coefficient (Wildman–Crippen LogP) is -3.92. The average molecular weight is 126 g/mol. The zero-order valence-electron chi connectivity index (χ0n) is 3.14. The van der Waals surface area contributed by atoms with E-state index in [1.54, 1.807) is 0 Å². The van der Waals surface area contributed by atoms with Gasteiger partial charge in [0, 0.05) is 0 Å². The molecular formula is H3AlO6. The Hall–Kier alpha value is 0.292. The van der Waals surface area contributed by atoms with Crippen LogP contribution in [0.5, 0.6) is 0 Å². The van der Waals surface area contributed by atoms with Crippen molar-refractivity contribution in [1.82, 2.24) is 0 Å². The fourth-order valence-electron chi connectivity index (χ4n) is 0. The van der Waals surface area contributed by atoms with Gasteiger partial charge in [0.1, 0.15) is 0 Å². The monoisotopic (exact) mass is 126 g/mol. The van der Waals surface area contributed by atoms with E-state index in [0.717, 1.165) is 0 Å². The van der Waals surface area contributed by atoms with Crippen molar-refractivity contribution in [3.63, 3.8) is 0 Å². The fraction of sp³-hybridized carbons (Fsp3) is 0. The zero-order chi connectivity index (χ0) is 6.00. The van der Waals surface area contributed by atoms with Gasteiger partial charge in [-0.3, -0.25) is 0 Å². The average Bonchev–Trinajstić information content (AvgIpc) is 1.81. The van der Waals surface area contributed by atoms with Gasteiger partial charge in [-0.15, -0.1) is 0 Å². The maximum Gasteiger partial charge on any atom is 3.00 e. The Morgan fingerprint density at radius 2 is 0.571 bits per heavy atom. The topological polar surface area (TPSA) is 130 Å². The quantitative estimate of drug-likeness (QED) is 0.172. The van der Waals surface area contributed by atoms with Crippen LogP contribution >= 0.6 is 0 Å².